The molecule has 31 heavy (non-hydrogen) atoms. The van der Waals surface area contributed by atoms with E-state index in [1.807, 2.05) is 56.8 Å². The topological polar surface area (TPSA) is 58.4 Å². The number of nitrogens with zero attached hydrogens (tertiary/aromatic N) is 4. The fraction of sp³-hybridized carbons (Fsp3) is 0.400. The average molecular weight is 417 g/mol. The van der Waals surface area contributed by atoms with Crippen LogP contribution in [0.1, 0.15) is 49.5 Å². The Morgan fingerprint density at radius 3 is 2.55 bits per heavy atom. The number of carbonyl (C=O) groups excluding carboxylic acids is 2. The fourth-order valence-corrected chi connectivity index (χ4v) is 4.96. The van der Waals surface area contributed by atoms with Crippen LogP contribution in [0.2, 0.25) is 0 Å². The lowest BCUT2D eigenvalue weighted by Gasteiger charge is -2.25. The molecule has 2 aliphatic rings. The highest BCUT2D eigenvalue weighted by Crippen LogP contribution is 2.35. The summed E-state index contributed by atoms with van der Waals surface area (Å²) in [6.45, 7) is 4.66. The predicted molar refractivity (Wildman–Crippen MR) is 119 cm³/mol. The smallest absolute Gasteiger partial charge is 0.242 e. The lowest BCUT2D eigenvalue weighted by molar-refractivity contribution is -0.131. The Kier molecular flexibility index (Phi) is 5.22. The molecule has 6 nitrogen and oxygen atoms in total. The minimum atomic E-state index is -0.0163. The van der Waals surface area contributed by atoms with Crippen molar-refractivity contribution in [1.29, 1.82) is 0 Å². The minimum Gasteiger partial charge on any atom is -0.341 e. The lowest BCUT2D eigenvalue weighted by atomic mass is 10.1. The molecule has 0 saturated carbocycles. The summed E-state index contributed by atoms with van der Waals surface area (Å²) < 4.78 is 2.05. The maximum atomic E-state index is 12.9. The molecule has 0 radical (unpaired) electrons. The number of rotatable bonds is 5. The van der Waals surface area contributed by atoms with Crippen molar-refractivity contribution in [2.24, 2.45) is 0 Å². The quantitative estimate of drug-likeness (QED) is 0.637. The first-order valence-electron chi connectivity index (χ1n) is 11.2. The lowest BCUT2D eigenvalue weighted by Crippen LogP contribution is -2.32. The molecule has 6 heteroatoms. The van der Waals surface area contributed by atoms with Crippen LogP contribution >= 0.6 is 0 Å². The van der Waals surface area contributed by atoms with Gasteiger partial charge in [0.25, 0.3) is 0 Å². The maximum absolute atomic E-state index is 12.9. The summed E-state index contributed by atoms with van der Waals surface area (Å²) in [5, 5.41) is 0. The van der Waals surface area contributed by atoms with E-state index in [4.69, 9.17) is 4.98 Å². The molecular weight excluding hydrogens is 388 g/mol. The van der Waals surface area contributed by atoms with Crippen molar-refractivity contribution in [2.75, 3.05) is 19.6 Å². The second-order valence-electron chi connectivity index (χ2n) is 8.67. The maximum Gasteiger partial charge on any atom is 0.242 e. The summed E-state index contributed by atoms with van der Waals surface area (Å²) >= 11 is 0. The third-order valence-corrected chi connectivity index (χ3v) is 6.71. The van der Waals surface area contributed by atoms with Gasteiger partial charge in [-0.2, -0.15) is 0 Å². The number of aromatic nitrogens is 2. The van der Waals surface area contributed by atoms with E-state index in [1.54, 1.807) is 0 Å². The van der Waals surface area contributed by atoms with Crippen molar-refractivity contribution >= 4 is 22.8 Å². The van der Waals surface area contributed by atoms with Gasteiger partial charge in [0, 0.05) is 32.0 Å². The third kappa shape index (κ3) is 3.71. The highest BCUT2D eigenvalue weighted by atomic mass is 16.2. The first kappa shape index (κ1) is 19.8. The molecule has 0 N–H and O–H groups in total. The summed E-state index contributed by atoms with van der Waals surface area (Å²) in [4.78, 5) is 34.7. The molecule has 0 bridgehead atoms. The Balaban J connectivity index is 1.44. The van der Waals surface area contributed by atoms with E-state index >= 15 is 0 Å². The number of fused-ring (bicyclic) bond motifs is 1. The average Bonchev–Trinajstić information content (AvgIpc) is 3.53. The summed E-state index contributed by atoms with van der Waals surface area (Å²) in [7, 11) is 0. The van der Waals surface area contributed by atoms with Crippen LogP contribution < -0.4 is 0 Å². The van der Waals surface area contributed by atoms with Crippen LogP contribution in [0, 0.1) is 0 Å². The van der Waals surface area contributed by atoms with E-state index in [-0.39, 0.29) is 30.3 Å². The zero-order valence-corrected chi connectivity index (χ0v) is 17.9. The Labute approximate surface area is 182 Å². The Morgan fingerprint density at radius 1 is 1.06 bits per heavy atom. The number of imidazole rings is 1. The van der Waals surface area contributed by atoms with Crippen LogP contribution in [0.3, 0.4) is 0 Å². The van der Waals surface area contributed by atoms with E-state index in [9.17, 15) is 9.59 Å². The number of hydrogen-bond acceptors (Lipinski definition) is 3. The molecule has 2 saturated heterocycles. The van der Waals surface area contributed by atoms with Crippen molar-refractivity contribution in [3.8, 4) is 0 Å². The zero-order valence-electron chi connectivity index (χ0n) is 17.9. The van der Waals surface area contributed by atoms with E-state index in [2.05, 4.69) is 19.1 Å². The van der Waals surface area contributed by atoms with Crippen LogP contribution in [0.5, 0.6) is 0 Å². The van der Waals surface area contributed by atoms with Gasteiger partial charge < -0.3 is 14.4 Å². The van der Waals surface area contributed by atoms with Gasteiger partial charge in [0.1, 0.15) is 12.4 Å². The number of benzene rings is 2. The molecule has 2 unspecified atom stereocenters. The van der Waals surface area contributed by atoms with Gasteiger partial charge in [-0.3, -0.25) is 9.59 Å². The monoisotopic (exact) mass is 416 g/mol. The highest BCUT2D eigenvalue weighted by Gasteiger charge is 2.37. The molecule has 2 aliphatic heterocycles. The van der Waals surface area contributed by atoms with Gasteiger partial charge >= 0.3 is 0 Å². The molecule has 2 amide bonds. The Hall–Kier alpha value is -3.15. The van der Waals surface area contributed by atoms with Gasteiger partial charge in [0.15, 0.2) is 0 Å². The molecule has 3 aromatic rings. The fourth-order valence-electron chi connectivity index (χ4n) is 4.96. The molecule has 0 aliphatic carbocycles. The van der Waals surface area contributed by atoms with Crippen LogP contribution in [0.25, 0.3) is 11.0 Å². The SMILES string of the molecule is CC(c1ccccc1)N1CC(c2nc3ccccc3n2CC(=O)N2CCCC2)CC1=O. The van der Waals surface area contributed by atoms with Gasteiger partial charge in [-0.1, -0.05) is 42.5 Å². The summed E-state index contributed by atoms with van der Waals surface area (Å²) in [6.07, 6.45) is 2.58. The molecule has 1 aromatic heterocycles. The van der Waals surface area contributed by atoms with E-state index < -0.39 is 0 Å². The number of para-hydroxylation sites is 2. The zero-order chi connectivity index (χ0) is 21.4. The number of likely N-dealkylation sites (tertiary alicyclic amines) is 2. The van der Waals surface area contributed by atoms with Crippen LogP contribution in [-0.4, -0.2) is 50.8 Å². The van der Waals surface area contributed by atoms with Crippen molar-refractivity contribution in [3.05, 3.63) is 66.0 Å². The van der Waals surface area contributed by atoms with Gasteiger partial charge in [-0.25, -0.2) is 4.98 Å². The summed E-state index contributed by atoms with van der Waals surface area (Å²) in [6, 6.07) is 18.1. The molecule has 2 fully saturated rings. The molecule has 5 rings (SSSR count). The largest absolute Gasteiger partial charge is 0.341 e. The van der Waals surface area contributed by atoms with Gasteiger partial charge in [-0.05, 0) is 37.5 Å². The first-order valence-corrected chi connectivity index (χ1v) is 11.2. The number of carbonyl (C=O) groups is 2. The van der Waals surface area contributed by atoms with Crippen LogP contribution in [0.15, 0.2) is 54.6 Å². The van der Waals surface area contributed by atoms with E-state index in [0.717, 1.165) is 48.4 Å². The summed E-state index contributed by atoms with van der Waals surface area (Å²) in [5.41, 5.74) is 2.98. The Bertz CT molecular complexity index is 1100. The van der Waals surface area contributed by atoms with Crippen molar-refractivity contribution in [1.82, 2.24) is 19.4 Å². The van der Waals surface area contributed by atoms with E-state index in [0.29, 0.717) is 13.0 Å². The Morgan fingerprint density at radius 2 is 1.77 bits per heavy atom. The van der Waals surface area contributed by atoms with Crippen molar-refractivity contribution < 1.29 is 9.59 Å². The van der Waals surface area contributed by atoms with Gasteiger partial charge in [0.05, 0.1) is 17.1 Å². The molecule has 3 heterocycles. The van der Waals surface area contributed by atoms with Crippen molar-refractivity contribution in [3.63, 3.8) is 0 Å². The predicted octanol–water partition coefficient (Wildman–Crippen LogP) is 3.74. The number of hydrogen-bond donors (Lipinski definition) is 0. The molecule has 2 atom stereocenters. The third-order valence-electron chi connectivity index (χ3n) is 6.71. The number of amides is 2. The summed E-state index contributed by atoms with van der Waals surface area (Å²) in [5.74, 6) is 1.12. The normalized spacial score (nSPS) is 20.0. The minimum absolute atomic E-state index is 0.0163. The van der Waals surface area contributed by atoms with Crippen molar-refractivity contribution in [2.45, 2.75) is 44.7 Å². The van der Waals surface area contributed by atoms with Crippen LogP contribution in [-0.2, 0) is 16.1 Å². The first-order chi connectivity index (χ1) is 15.1. The molecular formula is C25H28N4O2. The van der Waals surface area contributed by atoms with Gasteiger partial charge in [0.2, 0.25) is 11.8 Å². The molecule has 0 spiro atoms. The van der Waals surface area contributed by atoms with Gasteiger partial charge in [-0.15, -0.1) is 0 Å². The molecule has 2 aromatic carbocycles. The second kappa shape index (κ2) is 8.17. The van der Waals surface area contributed by atoms with E-state index in [1.165, 1.54) is 0 Å². The highest BCUT2D eigenvalue weighted by molar-refractivity contribution is 5.83. The molecule has 160 valence electrons. The standard InChI is InChI=1S/C25H28N4O2/c1-18(19-9-3-2-4-10-19)28-16-20(15-23(28)30)25-26-21-11-5-6-12-22(21)29(25)17-24(31)27-13-7-8-14-27/h2-6,9-12,18,20H,7-8,13-17H2,1H3. The second-order valence-corrected chi connectivity index (χ2v) is 8.67. The van der Waals surface area contributed by atoms with Crippen LogP contribution in [0.4, 0.5) is 0 Å².